The molecule has 0 saturated carbocycles. The molecule has 3 amide bonds. The zero-order valence-electron chi connectivity index (χ0n) is 23.9. The highest BCUT2D eigenvalue weighted by Gasteiger charge is 2.44. The van der Waals surface area contributed by atoms with E-state index in [1.165, 1.54) is 0 Å². The summed E-state index contributed by atoms with van der Waals surface area (Å²) in [5.41, 5.74) is 3.02. The van der Waals surface area contributed by atoms with E-state index in [1.807, 2.05) is 11.7 Å². The van der Waals surface area contributed by atoms with Gasteiger partial charge in [-0.1, -0.05) is 20.8 Å². The van der Waals surface area contributed by atoms with Crippen LogP contribution in [0.25, 0.3) is 0 Å². The van der Waals surface area contributed by atoms with E-state index in [4.69, 9.17) is 0 Å². The first-order valence-corrected chi connectivity index (χ1v) is 15.1. The number of likely N-dealkylation sites (tertiary alicyclic amines) is 1. The number of hydrogen-bond acceptors (Lipinski definition) is 4. The van der Waals surface area contributed by atoms with Crippen LogP contribution in [-0.2, 0) is 29.5 Å². The van der Waals surface area contributed by atoms with Crippen LogP contribution in [0.4, 0.5) is 0 Å². The lowest BCUT2D eigenvalue weighted by atomic mass is 9.77. The quantitative estimate of drug-likeness (QED) is 0.638. The molecular formula is C30H47N5O3. The summed E-state index contributed by atoms with van der Waals surface area (Å²) in [5, 5.41) is 7.96. The molecule has 1 N–H and O–H groups in total. The highest BCUT2D eigenvalue weighted by Crippen LogP contribution is 2.37. The predicted molar refractivity (Wildman–Crippen MR) is 146 cm³/mol. The molecule has 0 radical (unpaired) electrons. The lowest BCUT2D eigenvalue weighted by Crippen LogP contribution is -2.60. The van der Waals surface area contributed by atoms with Crippen molar-refractivity contribution >= 4 is 17.7 Å². The molecule has 4 aliphatic rings. The molecule has 5 atom stereocenters. The lowest BCUT2D eigenvalue weighted by Gasteiger charge is -2.51. The third kappa shape index (κ3) is 5.64. The van der Waals surface area contributed by atoms with Crippen molar-refractivity contribution in [3.8, 4) is 0 Å². The smallest absolute Gasteiger partial charge is 0.272 e. The molecule has 4 heterocycles. The van der Waals surface area contributed by atoms with Crippen LogP contribution in [0.2, 0.25) is 0 Å². The van der Waals surface area contributed by atoms with Crippen LogP contribution in [0.15, 0.2) is 0 Å². The van der Waals surface area contributed by atoms with E-state index in [0.29, 0.717) is 37.8 Å². The number of aryl methyl sites for hydroxylation is 2. The third-order valence-corrected chi connectivity index (χ3v) is 9.65. The number of hydrogen-bond donors (Lipinski definition) is 1. The molecule has 0 unspecified atom stereocenters. The molecule has 0 spiro atoms. The number of carbonyl (C=O) groups excluding carboxylic acids is 3. The van der Waals surface area contributed by atoms with Gasteiger partial charge in [0.1, 0.15) is 5.69 Å². The predicted octanol–water partition coefficient (Wildman–Crippen LogP) is 3.72. The Kier molecular flexibility index (Phi) is 8.15. The molecule has 2 bridgehead atoms. The highest BCUT2D eigenvalue weighted by molar-refractivity contribution is 5.94. The summed E-state index contributed by atoms with van der Waals surface area (Å²) in [6.07, 6.45) is 9.73. The number of nitrogens with one attached hydrogen (secondary N) is 1. The van der Waals surface area contributed by atoms with Crippen molar-refractivity contribution in [2.24, 2.45) is 30.7 Å². The molecule has 5 rings (SSSR count). The van der Waals surface area contributed by atoms with Gasteiger partial charge in [-0.3, -0.25) is 19.1 Å². The maximum atomic E-state index is 13.9. The monoisotopic (exact) mass is 525 g/mol. The van der Waals surface area contributed by atoms with Crippen LogP contribution >= 0.6 is 0 Å². The molecule has 0 aromatic carbocycles. The van der Waals surface area contributed by atoms with Crippen molar-refractivity contribution in [3.05, 3.63) is 17.0 Å². The number of piperidine rings is 2. The minimum atomic E-state index is 0.0939. The maximum absolute atomic E-state index is 13.9. The number of carbonyl (C=O) groups is 3. The molecule has 8 nitrogen and oxygen atoms in total. The van der Waals surface area contributed by atoms with E-state index in [2.05, 4.69) is 41.0 Å². The first-order valence-electron chi connectivity index (χ1n) is 15.1. The van der Waals surface area contributed by atoms with Crippen LogP contribution in [0.5, 0.6) is 0 Å². The topological polar surface area (TPSA) is 87.5 Å². The summed E-state index contributed by atoms with van der Waals surface area (Å²) in [4.78, 5) is 44.5. The molecule has 3 aliphatic heterocycles. The van der Waals surface area contributed by atoms with Gasteiger partial charge in [0.15, 0.2) is 0 Å². The second-order valence-corrected chi connectivity index (χ2v) is 13.0. The molecular weight excluding hydrogens is 478 g/mol. The van der Waals surface area contributed by atoms with Crippen molar-refractivity contribution in [1.29, 1.82) is 0 Å². The molecule has 1 aromatic heterocycles. The maximum Gasteiger partial charge on any atom is 0.272 e. The molecule has 3 saturated heterocycles. The van der Waals surface area contributed by atoms with Gasteiger partial charge in [0.05, 0.1) is 5.69 Å². The zero-order chi connectivity index (χ0) is 27.0. The summed E-state index contributed by atoms with van der Waals surface area (Å²) in [5.74, 6) is 1.73. The highest BCUT2D eigenvalue weighted by atomic mass is 16.2. The summed E-state index contributed by atoms with van der Waals surface area (Å²) in [7, 11) is 1.90. The van der Waals surface area contributed by atoms with Gasteiger partial charge in [-0.15, -0.1) is 0 Å². The van der Waals surface area contributed by atoms with Crippen molar-refractivity contribution < 1.29 is 14.4 Å². The van der Waals surface area contributed by atoms with Crippen molar-refractivity contribution in [1.82, 2.24) is 24.9 Å². The first-order chi connectivity index (χ1) is 18.2. The SMILES string of the molecule is CC(C)[C@@H]1CC[C@@H](C)CC(=O)N2C[C@H]3C[C@@H](CN(C(=O)c4c5c(nn4C)CCCC5)C3)[C@@H]2CCCC(=O)N1. The fourth-order valence-corrected chi connectivity index (χ4v) is 7.57. The third-order valence-electron chi connectivity index (χ3n) is 9.65. The number of aromatic nitrogens is 2. The van der Waals surface area contributed by atoms with Gasteiger partial charge in [0.25, 0.3) is 5.91 Å². The van der Waals surface area contributed by atoms with Gasteiger partial charge in [-0.2, -0.15) is 5.10 Å². The summed E-state index contributed by atoms with van der Waals surface area (Å²) in [6, 6.07) is 0.261. The summed E-state index contributed by atoms with van der Waals surface area (Å²) in [6.45, 7) is 8.61. The number of amides is 3. The Hall–Kier alpha value is -2.38. The standard InChI is InChI=1S/C30H47N5O3/c1-19(2)24-13-12-20(3)14-28(37)35-17-21-15-22(26(35)10-7-11-27(36)31-24)18-34(16-21)30(38)29-23-8-5-6-9-25(23)32-33(29)4/h19-22,24,26H,5-18H2,1-4H3,(H,31,36)/t20-,21+,22+,24+,26+/m1/s1. The molecule has 8 heteroatoms. The van der Waals surface area contributed by atoms with Gasteiger partial charge in [0, 0.05) is 57.2 Å². The summed E-state index contributed by atoms with van der Waals surface area (Å²) >= 11 is 0. The van der Waals surface area contributed by atoms with E-state index in [0.717, 1.165) is 81.3 Å². The molecule has 1 aromatic rings. The van der Waals surface area contributed by atoms with Gasteiger partial charge in [0.2, 0.25) is 11.8 Å². The van der Waals surface area contributed by atoms with Crippen molar-refractivity contribution in [3.63, 3.8) is 0 Å². The van der Waals surface area contributed by atoms with Crippen LogP contribution in [0.1, 0.15) is 100 Å². The van der Waals surface area contributed by atoms with Crippen LogP contribution in [0, 0.1) is 23.7 Å². The van der Waals surface area contributed by atoms with Gasteiger partial charge in [-0.25, -0.2) is 0 Å². The van der Waals surface area contributed by atoms with Crippen LogP contribution in [-0.4, -0.2) is 69.0 Å². The normalized spacial score (nSPS) is 31.0. The molecule has 3 fully saturated rings. The lowest BCUT2D eigenvalue weighted by molar-refractivity contribution is -0.141. The second kappa shape index (κ2) is 11.4. The molecule has 210 valence electrons. The Morgan fingerprint density at radius 3 is 2.58 bits per heavy atom. The average molecular weight is 526 g/mol. The number of fused-ring (bicyclic) bond motifs is 5. The fourth-order valence-electron chi connectivity index (χ4n) is 7.57. The average Bonchev–Trinajstić information content (AvgIpc) is 3.22. The van der Waals surface area contributed by atoms with Crippen LogP contribution < -0.4 is 5.32 Å². The zero-order valence-corrected chi connectivity index (χ0v) is 23.9. The van der Waals surface area contributed by atoms with Crippen LogP contribution in [0.3, 0.4) is 0 Å². The van der Waals surface area contributed by atoms with E-state index in [-0.39, 0.29) is 41.6 Å². The minimum Gasteiger partial charge on any atom is -0.353 e. The molecule has 1 aliphatic carbocycles. The Labute approximate surface area is 227 Å². The second-order valence-electron chi connectivity index (χ2n) is 13.0. The van der Waals surface area contributed by atoms with Crippen molar-refractivity contribution in [2.45, 2.75) is 103 Å². The Bertz CT molecular complexity index is 1050. The van der Waals surface area contributed by atoms with Gasteiger partial charge >= 0.3 is 0 Å². The fraction of sp³-hybridized carbons (Fsp3) is 0.800. The summed E-state index contributed by atoms with van der Waals surface area (Å²) < 4.78 is 1.81. The van der Waals surface area contributed by atoms with E-state index < -0.39 is 0 Å². The Morgan fingerprint density at radius 1 is 1.00 bits per heavy atom. The number of rotatable bonds is 2. The van der Waals surface area contributed by atoms with E-state index >= 15 is 0 Å². The van der Waals surface area contributed by atoms with Gasteiger partial charge in [-0.05, 0) is 81.5 Å². The molecule has 38 heavy (non-hydrogen) atoms. The Balaban J connectivity index is 1.34. The minimum absolute atomic E-state index is 0.0939. The van der Waals surface area contributed by atoms with E-state index in [9.17, 15) is 14.4 Å². The Morgan fingerprint density at radius 2 is 1.79 bits per heavy atom. The van der Waals surface area contributed by atoms with Crippen molar-refractivity contribution in [2.75, 3.05) is 19.6 Å². The first kappa shape index (κ1) is 27.2. The van der Waals surface area contributed by atoms with Gasteiger partial charge < -0.3 is 15.1 Å². The largest absolute Gasteiger partial charge is 0.353 e. The number of nitrogens with zero attached hydrogens (tertiary/aromatic N) is 4. The van der Waals surface area contributed by atoms with E-state index in [1.54, 1.807) is 0 Å².